The normalized spacial score (nSPS) is 15.8. The summed E-state index contributed by atoms with van der Waals surface area (Å²) in [5.41, 5.74) is 0.972. The van der Waals surface area contributed by atoms with Crippen LogP contribution in [0.25, 0.3) is 0 Å². The van der Waals surface area contributed by atoms with Gasteiger partial charge >= 0.3 is 0 Å². The summed E-state index contributed by atoms with van der Waals surface area (Å²) >= 11 is 0. The van der Waals surface area contributed by atoms with Crippen LogP contribution < -0.4 is 5.32 Å². The third-order valence-corrected chi connectivity index (χ3v) is 7.17. The van der Waals surface area contributed by atoms with Crippen LogP contribution in [0, 0.1) is 0 Å². The molecule has 1 N–H and O–H groups in total. The van der Waals surface area contributed by atoms with Crippen LogP contribution in [-0.2, 0) is 21.2 Å². The molecule has 1 aromatic carbocycles. The lowest BCUT2D eigenvalue weighted by Crippen LogP contribution is -2.37. The fourth-order valence-electron chi connectivity index (χ4n) is 3.42. The molecule has 152 valence electrons. The summed E-state index contributed by atoms with van der Waals surface area (Å²) in [7, 11) is -3.42. The monoisotopic (exact) mass is 395 g/mol. The van der Waals surface area contributed by atoms with Crippen LogP contribution >= 0.6 is 0 Å². The van der Waals surface area contributed by atoms with E-state index in [0.717, 1.165) is 25.2 Å². The summed E-state index contributed by atoms with van der Waals surface area (Å²) in [6, 6.07) is 6.88. The van der Waals surface area contributed by atoms with Crippen molar-refractivity contribution in [3.05, 3.63) is 29.8 Å². The number of nitrogens with one attached hydrogen (secondary N) is 1. The van der Waals surface area contributed by atoms with Crippen molar-refractivity contribution in [3.63, 3.8) is 0 Å². The second-order valence-electron chi connectivity index (χ2n) is 6.99. The predicted octanol–water partition coefficient (Wildman–Crippen LogP) is 2.25. The summed E-state index contributed by atoms with van der Waals surface area (Å²) in [6.07, 6.45) is 4.86. The first-order chi connectivity index (χ1) is 13.0. The molecule has 0 bridgehead atoms. The Bertz CT molecular complexity index is 679. The maximum Gasteiger partial charge on any atom is 0.243 e. The minimum absolute atomic E-state index is 0.0480. The van der Waals surface area contributed by atoms with E-state index in [1.54, 1.807) is 24.3 Å². The van der Waals surface area contributed by atoms with E-state index < -0.39 is 10.0 Å². The van der Waals surface area contributed by atoms with Gasteiger partial charge in [-0.05, 0) is 50.0 Å². The van der Waals surface area contributed by atoms with E-state index in [4.69, 9.17) is 0 Å². The van der Waals surface area contributed by atoms with Crippen LogP contribution in [-0.4, -0.2) is 62.8 Å². The molecule has 1 aromatic rings. The number of carbonyl (C=O) groups excluding carboxylic acids is 1. The van der Waals surface area contributed by atoms with Crippen molar-refractivity contribution < 1.29 is 13.2 Å². The van der Waals surface area contributed by atoms with Gasteiger partial charge < -0.3 is 10.2 Å². The minimum atomic E-state index is -3.42. The maximum absolute atomic E-state index is 12.5. The van der Waals surface area contributed by atoms with Crippen LogP contribution in [0.2, 0.25) is 0 Å². The fourth-order valence-corrected chi connectivity index (χ4v) is 4.88. The van der Waals surface area contributed by atoms with Gasteiger partial charge in [-0.25, -0.2) is 8.42 Å². The second-order valence-corrected chi connectivity index (χ2v) is 8.92. The largest absolute Gasteiger partial charge is 0.355 e. The van der Waals surface area contributed by atoms with Crippen molar-refractivity contribution in [2.45, 2.75) is 50.8 Å². The number of hydrogen-bond acceptors (Lipinski definition) is 4. The lowest BCUT2D eigenvalue weighted by atomic mass is 10.1. The highest BCUT2D eigenvalue weighted by atomic mass is 32.2. The molecule has 1 aliphatic rings. The van der Waals surface area contributed by atoms with Crippen LogP contribution in [0.15, 0.2) is 29.2 Å². The zero-order valence-corrected chi connectivity index (χ0v) is 17.4. The van der Waals surface area contributed by atoms with E-state index in [0.29, 0.717) is 37.4 Å². The number of carbonyl (C=O) groups is 1. The quantitative estimate of drug-likeness (QED) is 0.660. The molecule has 1 aliphatic heterocycles. The second kappa shape index (κ2) is 10.8. The number of aryl methyl sites for hydroxylation is 1. The number of amides is 1. The molecule has 1 amide bonds. The molecule has 0 aliphatic carbocycles. The molecule has 1 saturated heterocycles. The van der Waals surface area contributed by atoms with Crippen molar-refractivity contribution >= 4 is 15.9 Å². The van der Waals surface area contributed by atoms with E-state index >= 15 is 0 Å². The van der Waals surface area contributed by atoms with Crippen LogP contribution in [0.3, 0.4) is 0 Å². The van der Waals surface area contributed by atoms with E-state index in [9.17, 15) is 13.2 Å². The van der Waals surface area contributed by atoms with E-state index in [1.165, 1.54) is 23.6 Å². The maximum atomic E-state index is 12.5. The van der Waals surface area contributed by atoms with E-state index in [1.807, 2.05) is 13.8 Å². The molecule has 7 heteroatoms. The Morgan fingerprint density at radius 1 is 1.07 bits per heavy atom. The van der Waals surface area contributed by atoms with Crippen molar-refractivity contribution in [1.82, 2.24) is 14.5 Å². The number of likely N-dealkylation sites (tertiary alicyclic amines) is 1. The van der Waals surface area contributed by atoms with Gasteiger partial charge in [0.1, 0.15) is 0 Å². The Morgan fingerprint density at radius 3 is 2.30 bits per heavy atom. The van der Waals surface area contributed by atoms with Gasteiger partial charge in [-0.3, -0.25) is 4.79 Å². The van der Waals surface area contributed by atoms with Gasteiger partial charge in [0, 0.05) is 32.6 Å². The van der Waals surface area contributed by atoms with E-state index in [-0.39, 0.29) is 5.91 Å². The molecule has 0 unspecified atom stereocenters. The highest BCUT2D eigenvalue weighted by molar-refractivity contribution is 7.89. The zero-order valence-electron chi connectivity index (χ0n) is 16.6. The predicted molar refractivity (Wildman–Crippen MR) is 108 cm³/mol. The Morgan fingerprint density at radius 2 is 1.70 bits per heavy atom. The Kier molecular flexibility index (Phi) is 8.73. The zero-order chi connectivity index (χ0) is 19.7. The fraction of sp³-hybridized carbons (Fsp3) is 0.650. The molecular weight excluding hydrogens is 362 g/mol. The summed E-state index contributed by atoms with van der Waals surface area (Å²) < 4.78 is 26.4. The number of rotatable bonds is 10. The summed E-state index contributed by atoms with van der Waals surface area (Å²) in [5, 5.41) is 2.98. The molecule has 0 radical (unpaired) electrons. The van der Waals surface area contributed by atoms with Crippen LogP contribution in [0.1, 0.15) is 45.1 Å². The molecule has 0 aromatic heterocycles. The van der Waals surface area contributed by atoms with Gasteiger partial charge in [0.15, 0.2) is 0 Å². The number of piperidine rings is 1. The van der Waals surface area contributed by atoms with Gasteiger partial charge in [0.2, 0.25) is 15.9 Å². The molecule has 27 heavy (non-hydrogen) atoms. The van der Waals surface area contributed by atoms with Gasteiger partial charge in [0.25, 0.3) is 0 Å². The SMILES string of the molecule is CCN(CC)S(=O)(=O)c1ccc(CCC(=O)NCCN2CCCCC2)cc1. The highest BCUT2D eigenvalue weighted by Crippen LogP contribution is 2.16. The van der Waals surface area contributed by atoms with Crippen molar-refractivity contribution in [2.24, 2.45) is 0 Å². The van der Waals surface area contributed by atoms with Crippen molar-refractivity contribution in [3.8, 4) is 0 Å². The summed E-state index contributed by atoms with van der Waals surface area (Å²) in [4.78, 5) is 14.7. The van der Waals surface area contributed by atoms with Gasteiger partial charge in [-0.1, -0.05) is 32.4 Å². The lowest BCUT2D eigenvalue weighted by Gasteiger charge is -2.26. The molecule has 1 fully saturated rings. The first-order valence-corrected chi connectivity index (χ1v) is 11.5. The first-order valence-electron chi connectivity index (χ1n) is 10.1. The standard InChI is InChI=1S/C20H33N3O3S/c1-3-23(4-2)27(25,26)19-11-8-18(9-12-19)10-13-20(24)21-14-17-22-15-6-5-7-16-22/h8-9,11-12H,3-7,10,13-17H2,1-2H3,(H,21,24). The average Bonchev–Trinajstić information content (AvgIpc) is 2.68. The van der Waals surface area contributed by atoms with Crippen LogP contribution in [0.5, 0.6) is 0 Å². The molecular formula is C20H33N3O3S. The first kappa shape index (κ1) is 21.9. The lowest BCUT2D eigenvalue weighted by molar-refractivity contribution is -0.121. The number of sulfonamides is 1. The molecule has 1 heterocycles. The topological polar surface area (TPSA) is 69.7 Å². The highest BCUT2D eigenvalue weighted by Gasteiger charge is 2.21. The smallest absolute Gasteiger partial charge is 0.243 e. The molecule has 0 saturated carbocycles. The number of nitrogens with zero attached hydrogens (tertiary/aromatic N) is 2. The van der Waals surface area contributed by atoms with Crippen molar-refractivity contribution in [2.75, 3.05) is 39.3 Å². The molecule has 0 spiro atoms. The van der Waals surface area contributed by atoms with E-state index in [2.05, 4.69) is 10.2 Å². The van der Waals surface area contributed by atoms with Crippen LogP contribution in [0.4, 0.5) is 0 Å². The summed E-state index contributed by atoms with van der Waals surface area (Å²) in [6.45, 7) is 8.47. The van der Waals surface area contributed by atoms with Gasteiger partial charge in [0.05, 0.1) is 4.90 Å². The Balaban J connectivity index is 1.76. The number of hydrogen-bond donors (Lipinski definition) is 1. The molecule has 2 rings (SSSR count). The minimum Gasteiger partial charge on any atom is -0.355 e. The third kappa shape index (κ3) is 6.59. The molecule has 0 atom stereocenters. The third-order valence-electron chi connectivity index (χ3n) is 5.11. The Hall–Kier alpha value is -1.44. The molecule has 6 nitrogen and oxygen atoms in total. The summed E-state index contributed by atoms with van der Waals surface area (Å²) in [5.74, 6) is 0.0480. The van der Waals surface area contributed by atoms with Gasteiger partial charge in [-0.2, -0.15) is 4.31 Å². The average molecular weight is 396 g/mol. The van der Waals surface area contributed by atoms with Crippen molar-refractivity contribution in [1.29, 1.82) is 0 Å². The Labute approximate surface area is 164 Å². The number of benzene rings is 1. The van der Waals surface area contributed by atoms with Gasteiger partial charge in [-0.15, -0.1) is 0 Å².